The van der Waals surface area contributed by atoms with Crippen molar-refractivity contribution in [2.45, 2.75) is 19.9 Å². The third-order valence-electron chi connectivity index (χ3n) is 3.25. The maximum absolute atomic E-state index is 12.2. The van der Waals surface area contributed by atoms with E-state index in [0.717, 1.165) is 11.1 Å². The zero-order chi connectivity index (χ0) is 14.4. The van der Waals surface area contributed by atoms with Gasteiger partial charge in [-0.1, -0.05) is 48.0 Å². The van der Waals surface area contributed by atoms with Crippen molar-refractivity contribution in [2.24, 2.45) is 5.73 Å². The number of hydrogen-bond donors (Lipinski definition) is 2. The van der Waals surface area contributed by atoms with Gasteiger partial charge in [0.25, 0.3) is 5.91 Å². The molecule has 0 atom stereocenters. The van der Waals surface area contributed by atoms with Gasteiger partial charge in [-0.25, -0.2) is 0 Å². The first kappa shape index (κ1) is 14.3. The molecule has 3 nitrogen and oxygen atoms in total. The van der Waals surface area contributed by atoms with Crippen LogP contribution in [0.2, 0.25) is 0 Å². The Bertz CT molecular complexity index is 576. The van der Waals surface area contributed by atoms with E-state index in [0.29, 0.717) is 25.1 Å². The van der Waals surface area contributed by atoms with Crippen LogP contribution in [-0.4, -0.2) is 12.5 Å². The quantitative estimate of drug-likeness (QED) is 0.875. The Morgan fingerprint density at radius 3 is 2.50 bits per heavy atom. The molecule has 1 amide bonds. The number of amides is 1. The van der Waals surface area contributed by atoms with Gasteiger partial charge in [-0.3, -0.25) is 4.79 Å². The van der Waals surface area contributed by atoms with Crippen molar-refractivity contribution in [3.8, 4) is 0 Å². The standard InChI is InChI=1S/C17H20N2O/c1-13-6-8-14(9-7-13)12-19-17(20)16-5-3-2-4-15(16)10-11-18/h2-9H,10-12,18H2,1H3,(H,19,20). The van der Waals surface area contributed by atoms with Crippen LogP contribution in [0.5, 0.6) is 0 Å². The monoisotopic (exact) mass is 268 g/mol. The Balaban J connectivity index is 2.03. The van der Waals surface area contributed by atoms with E-state index in [-0.39, 0.29) is 5.91 Å². The van der Waals surface area contributed by atoms with Gasteiger partial charge in [0.2, 0.25) is 0 Å². The molecule has 0 heterocycles. The highest BCUT2D eigenvalue weighted by Gasteiger charge is 2.09. The summed E-state index contributed by atoms with van der Waals surface area (Å²) in [5.41, 5.74) is 9.60. The van der Waals surface area contributed by atoms with Gasteiger partial charge in [-0.05, 0) is 37.1 Å². The van der Waals surface area contributed by atoms with Crippen molar-refractivity contribution in [2.75, 3.05) is 6.54 Å². The van der Waals surface area contributed by atoms with Gasteiger partial charge in [0.15, 0.2) is 0 Å². The number of aryl methyl sites for hydroxylation is 1. The first-order valence-electron chi connectivity index (χ1n) is 6.82. The van der Waals surface area contributed by atoms with Crippen molar-refractivity contribution in [3.05, 3.63) is 70.8 Å². The molecule has 0 aliphatic heterocycles. The maximum atomic E-state index is 12.2. The van der Waals surface area contributed by atoms with E-state index in [9.17, 15) is 4.79 Å². The number of nitrogens with two attached hydrogens (primary N) is 1. The molecule has 0 radical (unpaired) electrons. The van der Waals surface area contributed by atoms with Gasteiger partial charge in [0.05, 0.1) is 0 Å². The molecule has 0 unspecified atom stereocenters. The van der Waals surface area contributed by atoms with E-state index in [1.165, 1.54) is 5.56 Å². The van der Waals surface area contributed by atoms with Gasteiger partial charge < -0.3 is 11.1 Å². The van der Waals surface area contributed by atoms with E-state index >= 15 is 0 Å². The molecule has 3 heteroatoms. The fraction of sp³-hybridized carbons (Fsp3) is 0.235. The summed E-state index contributed by atoms with van der Waals surface area (Å²) in [6.45, 7) is 3.13. The van der Waals surface area contributed by atoms with Gasteiger partial charge in [0, 0.05) is 12.1 Å². The molecular formula is C17H20N2O. The average Bonchev–Trinajstić information content (AvgIpc) is 2.47. The molecule has 2 aromatic carbocycles. The van der Waals surface area contributed by atoms with Crippen LogP contribution in [0, 0.1) is 6.92 Å². The maximum Gasteiger partial charge on any atom is 0.251 e. The molecule has 0 aliphatic rings. The summed E-state index contributed by atoms with van der Waals surface area (Å²) in [6.07, 6.45) is 0.716. The van der Waals surface area contributed by atoms with E-state index in [4.69, 9.17) is 5.73 Å². The van der Waals surface area contributed by atoms with Crippen molar-refractivity contribution in [3.63, 3.8) is 0 Å². The normalized spacial score (nSPS) is 10.3. The second kappa shape index (κ2) is 6.87. The molecule has 0 fully saturated rings. The number of benzene rings is 2. The Morgan fingerprint density at radius 1 is 1.10 bits per heavy atom. The summed E-state index contributed by atoms with van der Waals surface area (Å²) in [6, 6.07) is 15.8. The molecule has 20 heavy (non-hydrogen) atoms. The summed E-state index contributed by atoms with van der Waals surface area (Å²) >= 11 is 0. The van der Waals surface area contributed by atoms with Crippen LogP contribution in [0.3, 0.4) is 0 Å². The molecule has 0 spiro atoms. The molecule has 0 bridgehead atoms. The van der Waals surface area contributed by atoms with Crippen molar-refractivity contribution >= 4 is 5.91 Å². The Hall–Kier alpha value is -2.13. The molecule has 104 valence electrons. The molecule has 3 N–H and O–H groups in total. The van der Waals surface area contributed by atoms with E-state index in [1.54, 1.807) is 0 Å². The molecule has 0 aromatic heterocycles. The smallest absolute Gasteiger partial charge is 0.251 e. The predicted molar refractivity (Wildman–Crippen MR) is 81.5 cm³/mol. The van der Waals surface area contributed by atoms with E-state index in [2.05, 4.69) is 5.32 Å². The largest absolute Gasteiger partial charge is 0.348 e. The summed E-state index contributed by atoms with van der Waals surface area (Å²) in [5, 5.41) is 2.95. The van der Waals surface area contributed by atoms with E-state index in [1.807, 2.05) is 55.5 Å². The van der Waals surface area contributed by atoms with Crippen LogP contribution < -0.4 is 11.1 Å². The van der Waals surface area contributed by atoms with Crippen LogP contribution in [0.25, 0.3) is 0 Å². The topological polar surface area (TPSA) is 55.1 Å². The highest BCUT2D eigenvalue weighted by Crippen LogP contribution is 2.10. The zero-order valence-electron chi connectivity index (χ0n) is 11.7. The highest BCUT2D eigenvalue weighted by atomic mass is 16.1. The van der Waals surface area contributed by atoms with Gasteiger partial charge in [-0.15, -0.1) is 0 Å². The summed E-state index contributed by atoms with van der Waals surface area (Å²) in [4.78, 5) is 12.2. The second-order valence-corrected chi connectivity index (χ2v) is 4.86. The lowest BCUT2D eigenvalue weighted by molar-refractivity contribution is 0.0950. The lowest BCUT2D eigenvalue weighted by Crippen LogP contribution is -2.24. The lowest BCUT2D eigenvalue weighted by Gasteiger charge is -2.09. The average molecular weight is 268 g/mol. The summed E-state index contributed by atoms with van der Waals surface area (Å²) < 4.78 is 0. The minimum atomic E-state index is -0.0466. The number of rotatable bonds is 5. The van der Waals surface area contributed by atoms with E-state index < -0.39 is 0 Å². The minimum absolute atomic E-state index is 0.0466. The highest BCUT2D eigenvalue weighted by molar-refractivity contribution is 5.95. The van der Waals surface area contributed by atoms with Crippen LogP contribution >= 0.6 is 0 Å². The zero-order valence-corrected chi connectivity index (χ0v) is 11.7. The Morgan fingerprint density at radius 2 is 1.80 bits per heavy atom. The molecule has 0 aliphatic carbocycles. The summed E-state index contributed by atoms with van der Waals surface area (Å²) in [7, 11) is 0. The number of nitrogens with one attached hydrogen (secondary N) is 1. The van der Waals surface area contributed by atoms with Crippen LogP contribution in [0.1, 0.15) is 27.0 Å². The first-order valence-corrected chi connectivity index (χ1v) is 6.82. The fourth-order valence-corrected chi connectivity index (χ4v) is 2.10. The van der Waals surface area contributed by atoms with Crippen LogP contribution in [-0.2, 0) is 13.0 Å². The van der Waals surface area contributed by atoms with Crippen molar-refractivity contribution in [1.82, 2.24) is 5.32 Å². The number of carbonyl (C=O) groups is 1. The fourth-order valence-electron chi connectivity index (χ4n) is 2.10. The van der Waals surface area contributed by atoms with Crippen LogP contribution in [0.4, 0.5) is 0 Å². The number of hydrogen-bond acceptors (Lipinski definition) is 2. The second-order valence-electron chi connectivity index (χ2n) is 4.86. The number of carbonyl (C=O) groups excluding carboxylic acids is 1. The summed E-state index contributed by atoms with van der Waals surface area (Å²) in [5.74, 6) is -0.0466. The molecule has 2 rings (SSSR count). The molecule has 0 saturated carbocycles. The third kappa shape index (κ3) is 3.68. The first-order chi connectivity index (χ1) is 9.70. The Kier molecular flexibility index (Phi) is 4.91. The minimum Gasteiger partial charge on any atom is -0.348 e. The van der Waals surface area contributed by atoms with Gasteiger partial charge in [0.1, 0.15) is 0 Å². The Labute approximate surface area is 119 Å². The lowest BCUT2D eigenvalue weighted by atomic mass is 10.0. The van der Waals surface area contributed by atoms with Crippen molar-refractivity contribution in [1.29, 1.82) is 0 Å². The molecular weight excluding hydrogens is 248 g/mol. The van der Waals surface area contributed by atoms with Crippen molar-refractivity contribution < 1.29 is 4.79 Å². The predicted octanol–water partition coefficient (Wildman–Crippen LogP) is 2.43. The van der Waals surface area contributed by atoms with Gasteiger partial charge in [-0.2, -0.15) is 0 Å². The molecule has 2 aromatic rings. The van der Waals surface area contributed by atoms with Crippen LogP contribution in [0.15, 0.2) is 48.5 Å². The SMILES string of the molecule is Cc1ccc(CNC(=O)c2ccccc2CCN)cc1. The van der Waals surface area contributed by atoms with Gasteiger partial charge >= 0.3 is 0 Å². The third-order valence-corrected chi connectivity index (χ3v) is 3.25. The molecule has 0 saturated heterocycles.